The Labute approximate surface area is 174 Å². The Morgan fingerprint density at radius 1 is 1.10 bits per heavy atom. The zero-order valence-electron chi connectivity index (χ0n) is 16.6. The molecule has 0 aliphatic carbocycles. The number of benzene rings is 1. The second kappa shape index (κ2) is 9.41. The second-order valence-corrected chi connectivity index (χ2v) is 6.87. The molecule has 3 rings (SSSR count). The molecule has 0 unspecified atom stereocenters. The number of nitrogens with zero attached hydrogens (tertiary/aromatic N) is 4. The highest BCUT2D eigenvalue weighted by Gasteiger charge is 2.14. The molecule has 3 aromatic rings. The van der Waals surface area contributed by atoms with Gasteiger partial charge in [0.2, 0.25) is 11.9 Å². The highest BCUT2D eigenvalue weighted by atomic mass is 19.1. The number of rotatable bonds is 8. The van der Waals surface area contributed by atoms with Crippen LogP contribution in [0.15, 0.2) is 30.7 Å². The Kier molecular flexibility index (Phi) is 6.68. The molecule has 0 fully saturated rings. The van der Waals surface area contributed by atoms with Crippen LogP contribution >= 0.6 is 0 Å². The molecule has 1 aromatic carbocycles. The van der Waals surface area contributed by atoms with Crippen molar-refractivity contribution in [2.24, 2.45) is 0 Å². The van der Waals surface area contributed by atoms with Crippen LogP contribution in [0.2, 0.25) is 0 Å². The Morgan fingerprint density at radius 2 is 1.81 bits per heavy atom. The first-order valence-electron chi connectivity index (χ1n) is 9.20. The zero-order chi connectivity index (χ0) is 22.5. The molecule has 0 aliphatic heterocycles. The normalized spacial score (nSPS) is 10.9. The predicted octanol–water partition coefficient (Wildman–Crippen LogP) is 3.11. The van der Waals surface area contributed by atoms with Crippen molar-refractivity contribution in [3.8, 4) is 0 Å². The van der Waals surface area contributed by atoms with Gasteiger partial charge in [-0.3, -0.25) is 9.48 Å². The molecule has 164 valence electrons. The summed E-state index contributed by atoms with van der Waals surface area (Å²) in [5.74, 6) is -4.66. The van der Waals surface area contributed by atoms with Crippen LogP contribution < -0.4 is 16.0 Å². The van der Waals surface area contributed by atoms with E-state index in [1.165, 1.54) is 17.1 Å². The van der Waals surface area contributed by atoms with E-state index >= 15 is 0 Å². The number of amides is 1. The summed E-state index contributed by atoms with van der Waals surface area (Å²) in [6, 6.07) is 1.06. The summed E-state index contributed by atoms with van der Waals surface area (Å²) in [5.41, 5.74) is -0.0274. The molecule has 0 saturated carbocycles. The van der Waals surface area contributed by atoms with Crippen LogP contribution in [0.5, 0.6) is 0 Å². The number of aromatic nitrogens is 4. The monoisotopic (exact) mass is 437 g/mol. The lowest BCUT2D eigenvalue weighted by atomic mass is 10.2. The molecule has 2 aromatic heterocycles. The van der Waals surface area contributed by atoms with Gasteiger partial charge in [-0.2, -0.15) is 10.1 Å². The van der Waals surface area contributed by atoms with Crippen LogP contribution in [0.25, 0.3) is 0 Å². The fourth-order valence-corrected chi connectivity index (χ4v) is 2.62. The minimum Gasteiger partial charge on any atom is -0.363 e. The highest BCUT2D eigenvalue weighted by Crippen LogP contribution is 2.19. The lowest BCUT2D eigenvalue weighted by Gasteiger charge is -2.10. The van der Waals surface area contributed by atoms with Crippen molar-refractivity contribution in [2.45, 2.75) is 33.0 Å². The summed E-state index contributed by atoms with van der Waals surface area (Å²) >= 11 is 0. The molecular weight excluding hydrogens is 418 g/mol. The Hall–Kier alpha value is -3.70. The van der Waals surface area contributed by atoms with E-state index in [4.69, 9.17) is 0 Å². The molecule has 0 atom stereocenters. The van der Waals surface area contributed by atoms with Crippen molar-refractivity contribution in [2.75, 3.05) is 10.6 Å². The zero-order valence-corrected chi connectivity index (χ0v) is 16.6. The van der Waals surface area contributed by atoms with Gasteiger partial charge in [0.1, 0.15) is 24.0 Å². The van der Waals surface area contributed by atoms with Gasteiger partial charge in [0.15, 0.2) is 11.6 Å². The number of anilines is 3. The molecule has 31 heavy (non-hydrogen) atoms. The van der Waals surface area contributed by atoms with Crippen molar-refractivity contribution < 1.29 is 22.4 Å². The summed E-state index contributed by atoms with van der Waals surface area (Å²) in [4.78, 5) is 19.5. The lowest BCUT2D eigenvalue weighted by molar-refractivity contribution is -0.122. The highest BCUT2D eigenvalue weighted by molar-refractivity contribution is 5.76. The van der Waals surface area contributed by atoms with Gasteiger partial charge in [-0.25, -0.2) is 22.5 Å². The first-order chi connectivity index (χ1) is 14.7. The van der Waals surface area contributed by atoms with Crippen LogP contribution in [0.4, 0.5) is 35.0 Å². The standard InChI is InChI=1S/C19H19F4N7O/c1-10(2)27-17(31)9-30-8-12(5-26-30)28-19-25-7-16(23)18(29-19)24-6-13-14(21)3-11(20)4-15(13)22/h3-5,7-8,10H,6,9H2,1-2H3,(H,27,31)(H2,24,25,28,29). The number of halogens is 4. The smallest absolute Gasteiger partial charge is 0.241 e. The topological polar surface area (TPSA) is 96.8 Å². The molecule has 2 heterocycles. The molecule has 8 nitrogen and oxygen atoms in total. The molecule has 0 bridgehead atoms. The molecule has 12 heteroatoms. The van der Waals surface area contributed by atoms with Crippen LogP contribution in [0, 0.1) is 23.3 Å². The fraction of sp³-hybridized carbons (Fsp3) is 0.263. The maximum atomic E-state index is 14.0. The Bertz CT molecular complexity index is 1060. The molecule has 1 amide bonds. The lowest BCUT2D eigenvalue weighted by Crippen LogP contribution is -2.33. The molecule has 3 N–H and O–H groups in total. The average Bonchev–Trinajstić information content (AvgIpc) is 3.09. The fourth-order valence-electron chi connectivity index (χ4n) is 2.62. The van der Waals surface area contributed by atoms with Crippen molar-refractivity contribution in [1.82, 2.24) is 25.1 Å². The summed E-state index contributed by atoms with van der Waals surface area (Å²) in [5, 5.41) is 12.0. The average molecular weight is 437 g/mol. The molecule has 0 radical (unpaired) electrons. The van der Waals surface area contributed by atoms with Crippen LogP contribution in [-0.4, -0.2) is 31.7 Å². The van der Waals surface area contributed by atoms with Crippen LogP contribution in [-0.2, 0) is 17.9 Å². The predicted molar refractivity (Wildman–Crippen MR) is 104 cm³/mol. The van der Waals surface area contributed by atoms with Crippen LogP contribution in [0.1, 0.15) is 19.4 Å². The van der Waals surface area contributed by atoms with Gasteiger partial charge >= 0.3 is 0 Å². The minimum absolute atomic E-state index is 0.00365. The van der Waals surface area contributed by atoms with Crippen molar-refractivity contribution in [3.05, 3.63) is 59.6 Å². The van der Waals surface area contributed by atoms with E-state index in [1.54, 1.807) is 0 Å². The SMILES string of the molecule is CC(C)NC(=O)Cn1cc(Nc2ncc(F)c(NCc3c(F)cc(F)cc3F)n2)cn1. The number of carbonyl (C=O) groups is 1. The van der Waals surface area contributed by atoms with Crippen LogP contribution in [0.3, 0.4) is 0 Å². The Balaban J connectivity index is 1.67. The minimum atomic E-state index is -1.10. The van der Waals surface area contributed by atoms with Crippen molar-refractivity contribution >= 4 is 23.4 Å². The van der Waals surface area contributed by atoms with Gasteiger partial charge < -0.3 is 16.0 Å². The molecule has 0 aliphatic rings. The van der Waals surface area contributed by atoms with E-state index in [1.807, 2.05) is 13.8 Å². The number of hydrogen-bond donors (Lipinski definition) is 3. The largest absolute Gasteiger partial charge is 0.363 e. The molecule has 0 saturated heterocycles. The number of carbonyl (C=O) groups excluding carboxylic acids is 1. The number of hydrogen-bond acceptors (Lipinski definition) is 6. The van der Waals surface area contributed by atoms with Gasteiger partial charge in [-0.05, 0) is 13.8 Å². The van der Waals surface area contributed by atoms with Crippen molar-refractivity contribution in [1.29, 1.82) is 0 Å². The first-order valence-corrected chi connectivity index (χ1v) is 9.20. The maximum Gasteiger partial charge on any atom is 0.241 e. The summed E-state index contributed by atoms with van der Waals surface area (Å²) in [7, 11) is 0. The summed E-state index contributed by atoms with van der Waals surface area (Å²) in [6.45, 7) is 3.22. The number of nitrogens with one attached hydrogen (secondary N) is 3. The third-order valence-corrected chi connectivity index (χ3v) is 3.93. The first kappa shape index (κ1) is 22.0. The van der Waals surface area contributed by atoms with E-state index in [9.17, 15) is 22.4 Å². The van der Waals surface area contributed by atoms with Gasteiger partial charge in [0.05, 0.1) is 18.1 Å². The third kappa shape index (κ3) is 5.90. The van der Waals surface area contributed by atoms with Gasteiger partial charge in [-0.1, -0.05) is 0 Å². The quantitative estimate of drug-likeness (QED) is 0.469. The van der Waals surface area contributed by atoms with Gasteiger partial charge in [0.25, 0.3) is 0 Å². The van der Waals surface area contributed by atoms with E-state index in [0.717, 1.165) is 6.20 Å². The Morgan fingerprint density at radius 3 is 2.48 bits per heavy atom. The molecular formula is C19H19F4N7O. The third-order valence-electron chi connectivity index (χ3n) is 3.93. The second-order valence-electron chi connectivity index (χ2n) is 6.87. The summed E-state index contributed by atoms with van der Waals surface area (Å²) < 4.78 is 55.9. The van der Waals surface area contributed by atoms with Crippen molar-refractivity contribution in [3.63, 3.8) is 0 Å². The van der Waals surface area contributed by atoms with E-state index in [-0.39, 0.29) is 30.3 Å². The van der Waals surface area contributed by atoms with E-state index < -0.39 is 35.4 Å². The summed E-state index contributed by atoms with van der Waals surface area (Å²) in [6.07, 6.45) is 3.82. The molecule has 0 spiro atoms. The van der Waals surface area contributed by atoms with Gasteiger partial charge in [-0.15, -0.1) is 0 Å². The van der Waals surface area contributed by atoms with E-state index in [0.29, 0.717) is 17.8 Å². The van der Waals surface area contributed by atoms with E-state index in [2.05, 4.69) is 31.0 Å². The maximum absolute atomic E-state index is 14.0. The van der Waals surface area contributed by atoms with Gasteiger partial charge in [0, 0.05) is 36.5 Å².